The second-order valence-corrected chi connectivity index (χ2v) is 7.55. The van der Waals surface area contributed by atoms with Gasteiger partial charge in [-0.3, -0.25) is 5.41 Å². The molecule has 0 spiro atoms. The fourth-order valence-electron chi connectivity index (χ4n) is 2.70. The molecule has 1 aromatic carbocycles. The van der Waals surface area contributed by atoms with E-state index in [0.717, 1.165) is 6.34 Å². The summed E-state index contributed by atoms with van der Waals surface area (Å²) < 4.78 is 0. The van der Waals surface area contributed by atoms with Crippen molar-refractivity contribution in [3.8, 4) is 27.8 Å². The third-order valence-corrected chi connectivity index (χ3v) is 5.66. The third kappa shape index (κ3) is 4.22. The molecule has 0 amide bonds. The SMILES string of the molecule is CCNc1nccc(-c2sc(C(N)=NC=N)c(-c3ccc(Cl)cc3Cl)c2C#N)n1. The van der Waals surface area contributed by atoms with Gasteiger partial charge in [-0.05, 0) is 25.1 Å². The molecule has 0 saturated carbocycles. The van der Waals surface area contributed by atoms with E-state index < -0.39 is 0 Å². The number of nitrogens with zero attached hydrogens (tertiary/aromatic N) is 4. The molecule has 2 aromatic heterocycles. The Labute approximate surface area is 181 Å². The smallest absolute Gasteiger partial charge is 0.223 e. The number of halogens is 2. The number of nitrogens with two attached hydrogens (primary N) is 1. The van der Waals surface area contributed by atoms with Crippen LogP contribution in [0.2, 0.25) is 10.0 Å². The largest absolute Gasteiger partial charge is 0.382 e. The van der Waals surface area contributed by atoms with E-state index in [1.165, 1.54) is 11.3 Å². The molecule has 4 N–H and O–H groups in total. The van der Waals surface area contributed by atoms with E-state index in [1.807, 2.05) is 6.92 Å². The van der Waals surface area contributed by atoms with Crippen LogP contribution in [0.15, 0.2) is 35.5 Å². The fraction of sp³-hybridized carbons (Fsp3) is 0.105. The van der Waals surface area contributed by atoms with Crippen LogP contribution in [-0.4, -0.2) is 28.7 Å². The molecular formula is C19H15Cl2N7S. The summed E-state index contributed by atoms with van der Waals surface area (Å²) in [6.07, 6.45) is 2.47. The van der Waals surface area contributed by atoms with Crippen molar-refractivity contribution in [1.29, 1.82) is 10.7 Å². The topological polar surface area (TPSA) is 124 Å². The number of anilines is 1. The van der Waals surface area contributed by atoms with Crippen LogP contribution in [0.1, 0.15) is 17.4 Å². The van der Waals surface area contributed by atoms with Crippen molar-refractivity contribution < 1.29 is 0 Å². The molecule has 10 heteroatoms. The first-order valence-electron chi connectivity index (χ1n) is 8.42. The van der Waals surface area contributed by atoms with Gasteiger partial charge in [0, 0.05) is 33.9 Å². The number of hydrogen-bond acceptors (Lipinski definition) is 6. The summed E-state index contributed by atoms with van der Waals surface area (Å²) in [7, 11) is 0. The lowest BCUT2D eigenvalue weighted by molar-refractivity contribution is 1.09. The highest BCUT2D eigenvalue weighted by Gasteiger charge is 2.25. The minimum atomic E-state index is 0.106. The summed E-state index contributed by atoms with van der Waals surface area (Å²) in [6, 6.07) is 8.96. The van der Waals surface area contributed by atoms with Gasteiger partial charge in [-0.2, -0.15) is 5.26 Å². The fourth-order valence-corrected chi connectivity index (χ4v) is 4.35. The Hall–Kier alpha value is -2.99. The van der Waals surface area contributed by atoms with Crippen molar-refractivity contribution in [2.45, 2.75) is 6.92 Å². The minimum Gasteiger partial charge on any atom is -0.382 e. The van der Waals surface area contributed by atoms with E-state index >= 15 is 0 Å². The van der Waals surface area contributed by atoms with Crippen LogP contribution < -0.4 is 11.1 Å². The number of rotatable bonds is 6. The molecule has 3 rings (SSSR count). The summed E-state index contributed by atoms with van der Waals surface area (Å²) in [5.41, 5.74) is 8.15. The summed E-state index contributed by atoms with van der Waals surface area (Å²) in [6.45, 7) is 2.60. The Morgan fingerprint density at radius 3 is 2.86 bits per heavy atom. The average Bonchev–Trinajstić information content (AvgIpc) is 3.08. The lowest BCUT2D eigenvalue weighted by Gasteiger charge is -2.07. The van der Waals surface area contributed by atoms with Crippen LogP contribution in [0, 0.1) is 16.7 Å². The highest BCUT2D eigenvalue weighted by Crippen LogP contribution is 2.44. The Kier molecular flexibility index (Phi) is 6.44. The van der Waals surface area contributed by atoms with E-state index in [0.29, 0.717) is 54.7 Å². The predicted molar refractivity (Wildman–Crippen MR) is 119 cm³/mol. The van der Waals surface area contributed by atoms with Gasteiger partial charge in [-0.15, -0.1) is 11.3 Å². The summed E-state index contributed by atoms with van der Waals surface area (Å²) in [4.78, 5) is 13.7. The molecule has 3 aromatic rings. The van der Waals surface area contributed by atoms with Gasteiger partial charge in [0.2, 0.25) is 5.95 Å². The van der Waals surface area contributed by atoms with Crippen molar-refractivity contribution in [3.05, 3.63) is 50.9 Å². The van der Waals surface area contributed by atoms with Gasteiger partial charge < -0.3 is 11.1 Å². The van der Waals surface area contributed by atoms with Crippen molar-refractivity contribution >= 4 is 52.7 Å². The van der Waals surface area contributed by atoms with Crippen molar-refractivity contribution in [2.75, 3.05) is 11.9 Å². The first kappa shape index (κ1) is 20.7. The molecular weight excluding hydrogens is 429 g/mol. The number of benzene rings is 1. The van der Waals surface area contributed by atoms with Crippen molar-refractivity contribution in [1.82, 2.24) is 9.97 Å². The van der Waals surface area contributed by atoms with Crippen LogP contribution in [-0.2, 0) is 0 Å². The van der Waals surface area contributed by atoms with E-state index in [-0.39, 0.29) is 5.84 Å². The van der Waals surface area contributed by atoms with Crippen molar-refractivity contribution in [3.63, 3.8) is 0 Å². The molecule has 0 unspecified atom stereocenters. The van der Waals surface area contributed by atoms with Gasteiger partial charge in [0.25, 0.3) is 0 Å². The quantitative estimate of drug-likeness (QED) is 0.372. The second-order valence-electron chi connectivity index (χ2n) is 5.69. The van der Waals surface area contributed by atoms with Gasteiger partial charge >= 0.3 is 0 Å². The van der Waals surface area contributed by atoms with E-state index in [1.54, 1.807) is 30.5 Å². The number of aliphatic imine (C=N–C) groups is 1. The minimum absolute atomic E-state index is 0.106. The zero-order chi connectivity index (χ0) is 21.0. The molecule has 0 aliphatic carbocycles. The maximum Gasteiger partial charge on any atom is 0.223 e. The molecule has 0 atom stereocenters. The molecule has 29 heavy (non-hydrogen) atoms. The second kappa shape index (κ2) is 9.01. The van der Waals surface area contributed by atoms with Gasteiger partial charge in [0.15, 0.2) is 0 Å². The molecule has 2 heterocycles. The van der Waals surface area contributed by atoms with Crippen LogP contribution >= 0.6 is 34.5 Å². The Bertz CT molecular complexity index is 1150. The van der Waals surface area contributed by atoms with Gasteiger partial charge in [-0.1, -0.05) is 29.3 Å². The maximum atomic E-state index is 9.97. The van der Waals surface area contributed by atoms with Crippen LogP contribution in [0.5, 0.6) is 0 Å². The highest BCUT2D eigenvalue weighted by atomic mass is 35.5. The first-order valence-corrected chi connectivity index (χ1v) is 9.99. The number of hydrogen-bond donors (Lipinski definition) is 3. The Morgan fingerprint density at radius 1 is 1.41 bits per heavy atom. The zero-order valence-corrected chi connectivity index (χ0v) is 17.5. The molecule has 0 aliphatic heterocycles. The van der Waals surface area contributed by atoms with Crippen LogP contribution in [0.3, 0.4) is 0 Å². The molecule has 146 valence electrons. The van der Waals surface area contributed by atoms with Crippen LogP contribution in [0.4, 0.5) is 5.95 Å². The Balaban J connectivity index is 2.32. The molecule has 7 nitrogen and oxygen atoms in total. The third-order valence-electron chi connectivity index (χ3n) is 3.88. The average molecular weight is 444 g/mol. The highest BCUT2D eigenvalue weighted by molar-refractivity contribution is 7.18. The van der Waals surface area contributed by atoms with E-state index in [4.69, 9.17) is 34.3 Å². The first-order chi connectivity index (χ1) is 14.0. The van der Waals surface area contributed by atoms with Gasteiger partial charge in [0.1, 0.15) is 18.2 Å². The summed E-state index contributed by atoms with van der Waals surface area (Å²) in [5.74, 6) is 0.561. The molecule has 0 radical (unpaired) electrons. The number of aromatic nitrogens is 2. The Morgan fingerprint density at radius 2 is 2.21 bits per heavy atom. The van der Waals surface area contributed by atoms with Crippen molar-refractivity contribution in [2.24, 2.45) is 10.7 Å². The van der Waals surface area contributed by atoms with Gasteiger partial charge in [0.05, 0.1) is 21.0 Å². The summed E-state index contributed by atoms with van der Waals surface area (Å²) in [5, 5.41) is 21.1. The number of nitrogens with one attached hydrogen (secondary N) is 2. The van der Waals surface area contributed by atoms with E-state index in [2.05, 4.69) is 26.3 Å². The summed E-state index contributed by atoms with van der Waals surface area (Å²) >= 11 is 13.7. The van der Waals surface area contributed by atoms with E-state index in [9.17, 15) is 5.26 Å². The zero-order valence-electron chi connectivity index (χ0n) is 15.2. The monoisotopic (exact) mass is 443 g/mol. The predicted octanol–water partition coefficient (Wildman–Crippen LogP) is 4.79. The normalized spacial score (nSPS) is 11.2. The number of amidine groups is 1. The van der Waals surface area contributed by atoms with Gasteiger partial charge in [-0.25, -0.2) is 15.0 Å². The molecule has 0 bridgehead atoms. The maximum absolute atomic E-state index is 9.97. The number of thiophene rings is 1. The molecule has 0 saturated heterocycles. The van der Waals surface area contributed by atoms with Crippen LogP contribution in [0.25, 0.3) is 21.7 Å². The lowest BCUT2D eigenvalue weighted by Crippen LogP contribution is -2.12. The standard InChI is InChI=1S/C19H15Cl2N7S/c1-2-25-19-26-6-5-14(28-19)16-12(8-22)15(17(29-16)18(24)27-9-23)11-4-3-10(20)7-13(11)21/h3-7,9H,2H2,1H3,(H3,23,24,27)(H,25,26,28). The number of nitriles is 1. The molecule has 0 fully saturated rings. The lowest BCUT2D eigenvalue weighted by atomic mass is 9.99. The molecule has 0 aliphatic rings.